The van der Waals surface area contributed by atoms with Crippen molar-refractivity contribution in [3.63, 3.8) is 0 Å². The van der Waals surface area contributed by atoms with E-state index in [1.165, 1.54) is 0 Å². The van der Waals surface area contributed by atoms with Gasteiger partial charge in [0, 0.05) is 25.2 Å². The van der Waals surface area contributed by atoms with Crippen molar-refractivity contribution < 1.29 is 14.3 Å². The van der Waals surface area contributed by atoms with Crippen LogP contribution in [0.25, 0.3) is 0 Å². The Morgan fingerprint density at radius 3 is 2.83 bits per heavy atom. The van der Waals surface area contributed by atoms with Crippen LogP contribution in [0.4, 0.5) is 10.5 Å². The number of benzene rings is 1. The lowest BCUT2D eigenvalue weighted by Crippen LogP contribution is -2.36. The van der Waals surface area contributed by atoms with Crippen LogP contribution in [0.3, 0.4) is 0 Å². The first-order valence-corrected chi connectivity index (χ1v) is 8.07. The molecule has 1 aliphatic rings. The fourth-order valence-electron chi connectivity index (χ4n) is 2.95. The van der Waals surface area contributed by atoms with Gasteiger partial charge in [-0.05, 0) is 51.7 Å². The van der Waals surface area contributed by atoms with Crippen LogP contribution < -0.4 is 10.2 Å². The summed E-state index contributed by atoms with van der Waals surface area (Å²) in [6.45, 7) is 9.89. The molecule has 5 nitrogen and oxygen atoms in total. The number of para-hydroxylation sites is 1. The molecule has 0 saturated carbocycles. The van der Waals surface area contributed by atoms with Gasteiger partial charge in [-0.25, -0.2) is 4.79 Å². The minimum atomic E-state index is -0.480. The number of carbonyl (C=O) groups excluding carboxylic acids is 2. The molecular weight excluding hydrogens is 292 g/mol. The van der Waals surface area contributed by atoms with Crippen molar-refractivity contribution in [2.75, 3.05) is 24.5 Å². The first kappa shape index (κ1) is 17.3. The highest BCUT2D eigenvalue weighted by Crippen LogP contribution is 2.29. The summed E-state index contributed by atoms with van der Waals surface area (Å²) in [6, 6.07) is 5.77. The van der Waals surface area contributed by atoms with Crippen LogP contribution in [0.1, 0.15) is 43.1 Å². The molecule has 0 aliphatic carbocycles. The predicted molar refractivity (Wildman–Crippen MR) is 91.1 cm³/mol. The molecule has 2 rings (SSSR count). The maximum Gasteiger partial charge on any atom is 0.407 e. The number of anilines is 1. The van der Waals surface area contributed by atoms with Gasteiger partial charge in [-0.2, -0.15) is 0 Å². The smallest absolute Gasteiger partial charge is 0.407 e. The molecule has 1 fully saturated rings. The molecule has 0 spiro atoms. The summed E-state index contributed by atoms with van der Waals surface area (Å²) in [5.41, 5.74) is 2.37. The van der Waals surface area contributed by atoms with E-state index in [-0.39, 0.29) is 6.09 Å². The lowest BCUT2D eigenvalue weighted by atomic mass is 10.1. The monoisotopic (exact) mass is 318 g/mol. The van der Waals surface area contributed by atoms with E-state index in [0.29, 0.717) is 12.5 Å². The van der Waals surface area contributed by atoms with Crippen LogP contribution in [0.5, 0.6) is 0 Å². The number of nitrogens with zero attached hydrogens (tertiary/aromatic N) is 1. The molecule has 0 aromatic heterocycles. The van der Waals surface area contributed by atoms with E-state index >= 15 is 0 Å². The first-order valence-electron chi connectivity index (χ1n) is 8.07. The van der Waals surface area contributed by atoms with Crippen molar-refractivity contribution in [2.24, 2.45) is 5.92 Å². The zero-order chi connectivity index (χ0) is 17.0. The molecule has 23 heavy (non-hydrogen) atoms. The lowest BCUT2D eigenvalue weighted by Gasteiger charge is -2.23. The molecule has 1 aliphatic heterocycles. The Hall–Kier alpha value is -2.04. The Labute approximate surface area is 138 Å². The van der Waals surface area contributed by atoms with Crippen LogP contribution in [0.2, 0.25) is 0 Å². The molecule has 1 heterocycles. The van der Waals surface area contributed by atoms with Gasteiger partial charge in [0.25, 0.3) is 0 Å². The number of hydrogen-bond donors (Lipinski definition) is 1. The average molecular weight is 318 g/mol. The summed E-state index contributed by atoms with van der Waals surface area (Å²) in [5, 5.41) is 2.84. The van der Waals surface area contributed by atoms with Gasteiger partial charge >= 0.3 is 6.09 Å². The van der Waals surface area contributed by atoms with Gasteiger partial charge in [0.1, 0.15) is 5.60 Å². The summed E-state index contributed by atoms with van der Waals surface area (Å²) >= 11 is 0. The highest BCUT2D eigenvalue weighted by Gasteiger charge is 2.26. The molecule has 1 aromatic rings. The average Bonchev–Trinajstić information content (AvgIpc) is 2.91. The first-order chi connectivity index (χ1) is 10.8. The number of carbonyl (C=O) groups is 2. The van der Waals surface area contributed by atoms with Gasteiger partial charge in [0.15, 0.2) is 6.29 Å². The van der Waals surface area contributed by atoms with Gasteiger partial charge in [0.05, 0.1) is 5.69 Å². The number of aldehydes is 1. The molecule has 1 amide bonds. The Morgan fingerprint density at radius 1 is 1.43 bits per heavy atom. The van der Waals surface area contributed by atoms with E-state index in [0.717, 1.165) is 42.6 Å². The standard InChI is InChI=1S/C18H26N2O3/c1-13-6-5-7-15(12-21)16(13)20-9-8-14(11-20)10-19-17(22)23-18(2,3)4/h5-7,12,14H,8-11H2,1-4H3,(H,19,22)/t14-/m1/s1. The second kappa shape index (κ2) is 7.02. The largest absolute Gasteiger partial charge is 0.444 e. The molecular formula is C18H26N2O3. The van der Waals surface area contributed by atoms with E-state index in [9.17, 15) is 9.59 Å². The predicted octanol–water partition coefficient (Wildman–Crippen LogP) is 3.16. The van der Waals surface area contributed by atoms with Gasteiger partial charge in [-0.3, -0.25) is 4.79 Å². The summed E-state index contributed by atoms with van der Waals surface area (Å²) < 4.78 is 5.25. The summed E-state index contributed by atoms with van der Waals surface area (Å²) in [6.07, 6.45) is 1.53. The van der Waals surface area contributed by atoms with Crippen molar-refractivity contribution in [3.8, 4) is 0 Å². The van der Waals surface area contributed by atoms with Crippen molar-refractivity contribution in [3.05, 3.63) is 29.3 Å². The topological polar surface area (TPSA) is 58.6 Å². The molecule has 1 atom stereocenters. The summed E-state index contributed by atoms with van der Waals surface area (Å²) in [5.74, 6) is 0.363. The Kier molecular flexibility index (Phi) is 5.29. The van der Waals surface area contributed by atoms with E-state index in [1.807, 2.05) is 45.9 Å². The lowest BCUT2D eigenvalue weighted by molar-refractivity contribution is 0.0520. The number of ether oxygens (including phenoxy) is 1. The van der Waals surface area contributed by atoms with Crippen LogP contribution >= 0.6 is 0 Å². The van der Waals surface area contributed by atoms with E-state index in [1.54, 1.807) is 0 Å². The van der Waals surface area contributed by atoms with Gasteiger partial charge in [-0.1, -0.05) is 12.1 Å². The molecule has 1 N–H and O–H groups in total. The van der Waals surface area contributed by atoms with Gasteiger partial charge in [0.2, 0.25) is 0 Å². The van der Waals surface area contributed by atoms with Crippen LogP contribution in [0, 0.1) is 12.8 Å². The van der Waals surface area contributed by atoms with Crippen molar-refractivity contribution in [2.45, 2.75) is 39.7 Å². The Bertz CT molecular complexity index is 578. The van der Waals surface area contributed by atoms with Crippen LogP contribution in [0.15, 0.2) is 18.2 Å². The normalized spacial score (nSPS) is 17.9. The summed E-state index contributed by atoms with van der Waals surface area (Å²) in [4.78, 5) is 25.2. The third kappa shape index (κ3) is 4.71. The Morgan fingerprint density at radius 2 is 2.17 bits per heavy atom. The highest BCUT2D eigenvalue weighted by molar-refractivity contribution is 5.86. The summed E-state index contributed by atoms with van der Waals surface area (Å²) in [7, 11) is 0. The minimum Gasteiger partial charge on any atom is -0.444 e. The number of nitrogens with one attached hydrogen (secondary N) is 1. The van der Waals surface area contributed by atoms with Crippen molar-refractivity contribution >= 4 is 18.1 Å². The zero-order valence-corrected chi connectivity index (χ0v) is 14.4. The van der Waals surface area contributed by atoms with E-state index < -0.39 is 5.60 Å². The number of rotatable bonds is 4. The molecule has 126 valence electrons. The fourth-order valence-corrected chi connectivity index (χ4v) is 2.95. The SMILES string of the molecule is Cc1cccc(C=O)c1N1CC[C@H](CNC(=O)OC(C)(C)C)C1. The van der Waals surface area contributed by atoms with Crippen molar-refractivity contribution in [1.29, 1.82) is 0 Å². The van der Waals surface area contributed by atoms with E-state index in [2.05, 4.69) is 10.2 Å². The molecule has 1 saturated heterocycles. The minimum absolute atomic E-state index is 0.363. The van der Waals surface area contributed by atoms with Crippen molar-refractivity contribution in [1.82, 2.24) is 5.32 Å². The fraction of sp³-hybridized carbons (Fsp3) is 0.556. The molecule has 0 unspecified atom stereocenters. The van der Waals surface area contributed by atoms with Gasteiger partial charge < -0.3 is 15.0 Å². The van der Waals surface area contributed by atoms with Gasteiger partial charge in [-0.15, -0.1) is 0 Å². The van der Waals surface area contributed by atoms with Crippen LogP contribution in [-0.2, 0) is 4.74 Å². The maximum absolute atomic E-state index is 11.7. The third-order valence-electron chi connectivity index (χ3n) is 3.93. The third-order valence-corrected chi connectivity index (χ3v) is 3.93. The number of alkyl carbamates (subject to hydrolysis) is 1. The highest BCUT2D eigenvalue weighted by atomic mass is 16.6. The van der Waals surface area contributed by atoms with Crippen LogP contribution in [-0.4, -0.2) is 37.6 Å². The quantitative estimate of drug-likeness (QED) is 0.866. The Balaban J connectivity index is 1.92. The number of amides is 1. The maximum atomic E-state index is 11.7. The molecule has 1 aromatic carbocycles. The number of hydrogen-bond acceptors (Lipinski definition) is 4. The number of aryl methyl sites for hydroxylation is 1. The zero-order valence-electron chi connectivity index (χ0n) is 14.4. The molecule has 5 heteroatoms. The molecule has 0 radical (unpaired) electrons. The second-order valence-electron chi connectivity index (χ2n) is 7.11. The second-order valence-corrected chi connectivity index (χ2v) is 7.11. The molecule has 0 bridgehead atoms. The van der Waals surface area contributed by atoms with E-state index in [4.69, 9.17) is 4.74 Å².